The lowest BCUT2D eigenvalue weighted by atomic mass is 10.1. The van der Waals surface area contributed by atoms with Gasteiger partial charge in [0, 0.05) is 11.3 Å². The van der Waals surface area contributed by atoms with E-state index in [1.54, 1.807) is 6.07 Å². The van der Waals surface area contributed by atoms with Gasteiger partial charge in [0.2, 0.25) is 0 Å². The van der Waals surface area contributed by atoms with Crippen LogP contribution in [0.1, 0.15) is 5.69 Å². The highest BCUT2D eigenvalue weighted by Crippen LogP contribution is 2.30. The summed E-state index contributed by atoms with van der Waals surface area (Å²) in [4.78, 5) is 0. The van der Waals surface area contributed by atoms with Crippen LogP contribution >= 0.6 is 31.9 Å². The van der Waals surface area contributed by atoms with Gasteiger partial charge in [-0.25, -0.2) is 4.39 Å². The highest BCUT2D eigenvalue weighted by atomic mass is 79.9. The predicted octanol–water partition coefficient (Wildman–Crippen LogP) is 4.05. The molecule has 0 bridgehead atoms. The molecule has 0 unspecified atom stereocenters. The number of H-pyrrole nitrogens is 1. The SMILES string of the molecule is Cc1[nH]nc(-c2ccc(Br)c(F)c2)c1Br. The number of rotatable bonds is 1. The molecule has 0 aliphatic heterocycles. The van der Waals surface area contributed by atoms with Crippen molar-refractivity contribution in [2.24, 2.45) is 0 Å². The Kier molecular flexibility index (Phi) is 2.93. The van der Waals surface area contributed by atoms with E-state index in [2.05, 4.69) is 42.1 Å². The Morgan fingerprint density at radius 1 is 1.33 bits per heavy atom. The number of aromatic amines is 1. The second kappa shape index (κ2) is 4.06. The van der Waals surface area contributed by atoms with Crippen molar-refractivity contribution in [1.29, 1.82) is 0 Å². The first-order valence-corrected chi connectivity index (χ1v) is 5.84. The molecule has 2 aromatic rings. The molecule has 5 heteroatoms. The zero-order valence-corrected chi connectivity index (χ0v) is 11.0. The number of nitrogens with zero attached hydrogens (tertiary/aromatic N) is 1. The van der Waals surface area contributed by atoms with Gasteiger partial charge in [0.25, 0.3) is 0 Å². The molecule has 15 heavy (non-hydrogen) atoms. The molecule has 2 rings (SSSR count). The zero-order valence-electron chi connectivity index (χ0n) is 7.81. The normalized spacial score (nSPS) is 10.7. The quantitative estimate of drug-likeness (QED) is 0.838. The topological polar surface area (TPSA) is 28.7 Å². The van der Waals surface area contributed by atoms with Crippen LogP contribution in [0, 0.1) is 12.7 Å². The number of hydrogen-bond donors (Lipinski definition) is 1. The molecule has 78 valence electrons. The third-order valence-electron chi connectivity index (χ3n) is 2.07. The Morgan fingerprint density at radius 3 is 2.60 bits per heavy atom. The number of aryl methyl sites for hydroxylation is 1. The summed E-state index contributed by atoms with van der Waals surface area (Å²) in [6.45, 7) is 1.90. The van der Waals surface area contributed by atoms with Crippen molar-refractivity contribution in [2.75, 3.05) is 0 Å². The lowest BCUT2D eigenvalue weighted by molar-refractivity contribution is 0.621. The molecule has 0 radical (unpaired) electrons. The molecule has 0 atom stereocenters. The molecule has 1 aromatic carbocycles. The molecule has 1 aromatic heterocycles. The van der Waals surface area contributed by atoms with Crippen LogP contribution in [0.5, 0.6) is 0 Å². The molecule has 1 heterocycles. The van der Waals surface area contributed by atoms with E-state index in [0.29, 0.717) is 4.47 Å². The van der Waals surface area contributed by atoms with Gasteiger partial charge in [-0.3, -0.25) is 5.10 Å². The van der Waals surface area contributed by atoms with Gasteiger partial charge in [0.1, 0.15) is 11.5 Å². The molecule has 0 saturated heterocycles. The van der Waals surface area contributed by atoms with Gasteiger partial charge in [-0.2, -0.15) is 5.10 Å². The maximum absolute atomic E-state index is 13.3. The summed E-state index contributed by atoms with van der Waals surface area (Å²) in [7, 11) is 0. The van der Waals surface area contributed by atoms with Gasteiger partial charge < -0.3 is 0 Å². The summed E-state index contributed by atoms with van der Waals surface area (Å²) in [5.41, 5.74) is 2.39. The molecule has 0 aliphatic rings. The minimum absolute atomic E-state index is 0.292. The molecule has 2 nitrogen and oxygen atoms in total. The number of benzene rings is 1. The van der Waals surface area contributed by atoms with E-state index in [1.165, 1.54) is 6.07 Å². The van der Waals surface area contributed by atoms with Crippen LogP contribution in [0.25, 0.3) is 11.3 Å². The van der Waals surface area contributed by atoms with Crippen LogP contribution in [0.2, 0.25) is 0 Å². The monoisotopic (exact) mass is 332 g/mol. The molecule has 0 aliphatic carbocycles. The highest BCUT2D eigenvalue weighted by Gasteiger charge is 2.11. The summed E-state index contributed by atoms with van der Waals surface area (Å²) in [6.07, 6.45) is 0. The van der Waals surface area contributed by atoms with Crippen LogP contribution in [-0.4, -0.2) is 10.2 Å². The smallest absolute Gasteiger partial charge is 0.138 e. The van der Waals surface area contributed by atoms with Crippen molar-refractivity contribution < 1.29 is 4.39 Å². The molecule has 0 spiro atoms. The van der Waals surface area contributed by atoms with Crippen molar-refractivity contribution in [3.05, 3.63) is 38.7 Å². The lowest BCUT2D eigenvalue weighted by Crippen LogP contribution is -1.83. The second-order valence-electron chi connectivity index (χ2n) is 3.14. The zero-order chi connectivity index (χ0) is 11.0. The van der Waals surface area contributed by atoms with Crippen LogP contribution in [0.3, 0.4) is 0 Å². The summed E-state index contributed by atoms with van der Waals surface area (Å²) >= 11 is 6.51. The minimum Gasteiger partial charge on any atom is -0.281 e. The van der Waals surface area contributed by atoms with Gasteiger partial charge in [-0.15, -0.1) is 0 Å². The van der Waals surface area contributed by atoms with Crippen LogP contribution in [0.15, 0.2) is 27.1 Å². The van der Waals surface area contributed by atoms with Gasteiger partial charge in [-0.1, -0.05) is 6.07 Å². The van der Waals surface area contributed by atoms with E-state index in [-0.39, 0.29) is 5.82 Å². The highest BCUT2D eigenvalue weighted by molar-refractivity contribution is 9.10. The van der Waals surface area contributed by atoms with E-state index in [0.717, 1.165) is 21.4 Å². The van der Waals surface area contributed by atoms with Crippen molar-refractivity contribution in [3.63, 3.8) is 0 Å². The van der Waals surface area contributed by atoms with E-state index >= 15 is 0 Å². The maximum Gasteiger partial charge on any atom is 0.138 e. The summed E-state index contributed by atoms with van der Waals surface area (Å²) < 4.78 is 14.6. The molecule has 0 saturated carbocycles. The second-order valence-corrected chi connectivity index (χ2v) is 4.79. The summed E-state index contributed by atoms with van der Waals surface area (Å²) in [6, 6.07) is 4.93. The maximum atomic E-state index is 13.3. The lowest BCUT2D eigenvalue weighted by Gasteiger charge is -1.99. The first-order valence-electron chi connectivity index (χ1n) is 4.25. The third kappa shape index (κ3) is 1.99. The summed E-state index contributed by atoms with van der Waals surface area (Å²) in [5.74, 6) is -0.292. The Balaban J connectivity index is 2.55. The van der Waals surface area contributed by atoms with Crippen LogP contribution < -0.4 is 0 Å². The molecular formula is C10H7Br2FN2. The van der Waals surface area contributed by atoms with Gasteiger partial charge >= 0.3 is 0 Å². The van der Waals surface area contributed by atoms with Gasteiger partial charge in [0.15, 0.2) is 0 Å². The van der Waals surface area contributed by atoms with E-state index < -0.39 is 0 Å². The molecule has 0 fully saturated rings. The Morgan fingerprint density at radius 2 is 2.07 bits per heavy atom. The van der Waals surface area contributed by atoms with Crippen molar-refractivity contribution >= 4 is 31.9 Å². The number of halogens is 3. The molecule has 0 amide bonds. The number of nitrogens with one attached hydrogen (secondary N) is 1. The number of hydrogen-bond acceptors (Lipinski definition) is 1. The van der Waals surface area contributed by atoms with Crippen molar-refractivity contribution in [1.82, 2.24) is 10.2 Å². The Labute approximate surface area is 103 Å². The Hall–Kier alpha value is -0.680. The van der Waals surface area contributed by atoms with E-state index in [1.807, 2.05) is 13.0 Å². The first kappa shape index (κ1) is 10.8. The standard InChI is InChI=1S/C10H7Br2FN2/c1-5-9(12)10(15-14-5)6-2-3-7(11)8(13)4-6/h2-4H,1H3,(H,14,15). The van der Waals surface area contributed by atoms with E-state index in [9.17, 15) is 4.39 Å². The fourth-order valence-electron chi connectivity index (χ4n) is 1.25. The van der Waals surface area contributed by atoms with Crippen molar-refractivity contribution in [3.8, 4) is 11.3 Å². The Bertz CT molecular complexity index is 508. The first-order chi connectivity index (χ1) is 7.09. The largest absolute Gasteiger partial charge is 0.281 e. The fourth-order valence-corrected chi connectivity index (χ4v) is 1.90. The van der Waals surface area contributed by atoms with Crippen LogP contribution in [0.4, 0.5) is 4.39 Å². The molecule has 1 N–H and O–H groups in total. The molecular weight excluding hydrogens is 327 g/mol. The predicted molar refractivity (Wildman–Crippen MR) is 64.1 cm³/mol. The van der Waals surface area contributed by atoms with Crippen molar-refractivity contribution in [2.45, 2.75) is 6.92 Å². The van der Waals surface area contributed by atoms with E-state index in [4.69, 9.17) is 0 Å². The fraction of sp³-hybridized carbons (Fsp3) is 0.100. The van der Waals surface area contributed by atoms with Crippen LogP contribution in [-0.2, 0) is 0 Å². The average Bonchev–Trinajstić information content (AvgIpc) is 2.53. The number of aromatic nitrogens is 2. The van der Waals surface area contributed by atoms with Gasteiger partial charge in [-0.05, 0) is 50.9 Å². The third-order valence-corrected chi connectivity index (χ3v) is 3.68. The minimum atomic E-state index is -0.292. The summed E-state index contributed by atoms with van der Waals surface area (Å²) in [5, 5.41) is 6.94. The van der Waals surface area contributed by atoms with Gasteiger partial charge in [0.05, 0.1) is 8.95 Å². The average molecular weight is 334 g/mol.